The van der Waals surface area contributed by atoms with Crippen molar-refractivity contribution >= 4 is 83.0 Å². The normalized spacial score (nSPS) is 14.1. The van der Waals surface area contributed by atoms with E-state index in [2.05, 4.69) is 252 Å². The molecule has 0 fully saturated rings. The van der Waals surface area contributed by atoms with Crippen LogP contribution in [0.15, 0.2) is 200 Å². The van der Waals surface area contributed by atoms with Gasteiger partial charge in [0.15, 0.2) is 0 Å². The Morgan fingerprint density at radius 1 is 0.419 bits per heavy atom. The van der Waals surface area contributed by atoms with Crippen LogP contribution in [-0.2, 0) is 16.2 Å². The van der Waals surface area contributed by atoms with Gasteiger partial charge in [0, 0.05) is 65.2 Å². The van der Waals surface area contributed by atoms with Crippen molar-refractivity contribution in [2.45, 2.75) is 85.4 Å². The Morgan fingerprint density at radius 2 is 0.919 bits per heavy atom. The lowest BCUT2D eigenvalue weighted by Crippen LogP contribution is -2.17. The summed E-state index contributed by atoms with van der Waals surface area (Å²) < 4.78 is 26.8. The zero-order chi connectivity index (χ0) is 53.5. The van der Waals surface area contributed by atoms with E-state index < -0.39 is 6.85 Å². The molecule has 1 aliphatic rings. The molecule has 74 heavy (non-hydrogen) atoms. The van der Waals surface area contributed by atoms with Crippen LogP contribution < -0.4 is 9.80 Å². The molecule has 3 heteroatoms. The summed E-state index contributed by atoms with van der Waals surface area (Å²) in [5.74, 6) is 0. The fraction of sp³-hybridized carbons (Fsp3) is 0.183. The molecule has 0 N–H and O–H groups in total. The fourth-order valence-electron chi connectivity index (χ4n) is 12.2. The maximum atomic E-state index is 8.10. The van der Waals surface area contributed by atoms with Gasteiger partial charge in [-0.3, -0.25) is 0 Å². The van der Waals surface area contributed by atoms with Gasteiger partial charge in [0.05, 0.1) is 16.6 Å². The van der Waals surface area contributed by atoms with Crippen LogP contribution in [-0.4, -0.2) is 4.40 Å². The Bertz CT molecular complexity index is 4210. The van der Waals surface area contributed by atoms with Gasteiger partial charge in [-0.25, -0.2) is 0 Å². The minimum Gasteiger partial charge on any atom is -0.310 e. The number of anilines is 6. The van der Waals surface area contributed by atoms with Gasteiger partial charge in [-0.15, -0.1) is 0 Å². The molecular weight excluding hydrogens is 895 g/mol. The maximum Gasteiger partial charge on any atom is 0.0620 e. The third kappa shape index (κ3) is 7.23. The Labute approximate surface area is 440 Å². The molecule has 2 aromatic heterocycles. The number of rotatable bonds is 7. The van der Waals surface area contributed by atoms with E-state index in [0.717, 1.165) is 34.1 Å². The quantitative estimate of drug-likeness (QED) is 0.158. The van der Waals surface area contributed by atoms with Crippen molar-refractivity contribution in [2.24, 2.45) is 0 Å². The predicted molar refractivity (Wildman–Crippen MR) is 318 cm³/mol. The Balaban J connectivity index is 0.996. The van der Waals surface area contributed by atoms with Crippen LogP contribution in [0.1, 0.15) is 92.9 Å². The standard InChI is InChI=1S/C71H63N3/c1-44-16-25-51(26-17-44)72(53-29-21-49(22-30-53)69(3,4)5)55-33-36-57-59-35-20-47-40-65-61(43-60(47)67(59)71(9,10)64(57)41-55)63-39-48(46-14-12-11-13-15-46)38-62-58-37-34-56(42-66(58)74(65)68(62)63)73(52-27-18-45(2)19-28-52)54-31-23-50(24-32-54)70(6,7)8/h11-43H,1-10H3/i1D3. The van der Waals surface area contributed by atoms with Crippen LogP contribution in [0.3, 0.4) is 0 Å². The Morgan fingerprint density at radius 3 is 1.50 bits per heavy atom. The van der Waals surface area contributed by atoms with Crippen molar-refractivity contribution in [3.8, 4) is 22.3 Å². The number of aryl methyl sites for hydroxylation is 2. The van der Waals surface area contributed by atoms with Gasteiger partial charge in [0.25, 0.3) is 0 Å². The molecule has 0 saturated carbocycles. The van der Waals surface area contributed by atoms with Crippen LogP contribution in [0.4, 0.5) is 34.1 Å². The molecule has 0 aliphatic heterocycles. The van der Waals surface area contributed by atoms with Gasteiger partial charge in [0.1, 0.15) is 0 Å². The number of hydrogen-bond donors (Lipinski definition) is 0. The summed E-state index contributed by atoms with van der Waals surface area (Å²) in [4.78, 5) is 4.66. The van der Waals surface area contributed by atoms with Crippen molar-refractivity contribution in [2.75, 3.05) is 9.80 Å². The van der Waals surface area contributed by atoms with Crippen molar-refractivity contribution in [1.29, 1.82) is 0 Å². The SMILES string of the molecule is [2H]C([2H])([2H])c1ccc(N(c2ccc(C(C)(C)C)cc2)c2ccc3c(c2)C(C)(C)c2c-3ccc3cc4c(cc23)c2cc(-c3ccccc3)cc3c5ccc(N(c6ccc(C)cc6)c6ccc(C(C)(C)C)cc6)cc5n4c32)cc1. The van der Waals surface area contributed by atoms with Crippen molar-refractivity contribution in [3.05, 3.63) is 234 Å². The monoisotopic (exact) mass is 961 g/mol. The zero-order valence-corrected chi connectivity index (χ0v) is 43.9. The average molecular weight is 961 g/mol. The molecule has 3 nitrogen and oxygen atoms in total. The highest BCUT2D eigenvalue weighted by atomic mass is 15.1. The van der Waals surface area contributed by atoms with Gasteiger partial charge in [-0.1, -0.05) is 170 Å². The van der Waals surface area contributed by atoms with E-state index in [1.54, 1.807) is 12.1 Å². The van der Waals surface area contributed by atoms with Gasteiger partial charge >= 0.3 is 0 Å². The van der Waals surface area contributed by atoms with Gasteiger partial charge < -0.3 is 14.2 Å². The first-order valence-electron chi connectivity index (χ1n) is 27.7. The molecule has 13 rings (SSSR count). The summed E-state index contributed by atoms with van der Waals surface area (Å²) in [6.07, 6.45) is 0. The minimum atomic E-state index is -2.19. The van der Waals surface area contributed by atoms with Gasteiger partial charge in [-0.05, 0) is 177 Å². The second-order valence-corrected chi connectivity index (χ2v) is 23.4. The number of hydrogen-bond acceptors (Lipinski definition) is 2. The second-order valence-electron chi connectivity index (χ2n) is 23.4. The number of fused-ring (bicyclic) bond motifs is 11. The first-order chi connectivity index (χ1) is 36.7. The number of aromatic nitrogens is 1. The molecule has 0 saturated heterocycles. The first-order valence-corrected chi connectivity index (χ1v) is 26.2. The van der Waals surface area contributed by atoms with Crippen molar-refractivity contribution in [1.82, 2.24) is 4.40 Å². The molecule has 0 atom stereocenters. The van der Waals surface area contributed by atoms with E-state index in [-0.39, 0.29) is 16.2 Å². The third-order valence-electron chi connectivity index (χ3n) is 16.1. The molecule has 0 radical (unpaired) electrons. The number of nitrogens with zero attached hydrogens (tertiary/aromatic N) is 3. The van der Waals surface area contributed by atoms with Gasteiger partial charge in [-0.2, -0.15) is 0 Å². The molecule has 1 aliphatic carbocycles. The predicted octanol–water partition coefficient (Wildman–Crippen LogP) is 20.1. The highest BCUT2D eigenvalue weighted by molar-refractivity contribution is 6.26. The lowest BCUT2D eigenvalue weighted by atomic mass is 9.80. The lowest BCUT2D eigenvalue weighted by molar-refractivity contribution is 0.590. The highest BCUT2D eigenvalue weighted by Gasteiger charge is 2.38. The fourth-order valence-corrected chi connectivity index (χ4v) is 12.2. The third-order valence-corrected chi connectivity index (χ3v) is 16.1. The first kappa shape index (κ1) is 42.4. The summed E-state index contributed by atoms with van der Waals surface area (Å²) >= 11 is 0. The summed E-state index contributed by atoms with van der Waals surface area (Å²) in [6.45, 7) is 18.2. The van der Waals surface area contributed by atoms with Crippen LogP contribution in [0.5, 0.6) is 0 Å². The Kier molecular flexibility index (Phi) is 9.41. The molecule has 12 aromatic rings. The topological polar surface area (TPSA) is 10.9 Å². The van der Waals surface area contributed by atoms with Crippen LogP contribution >= 0.6 is 0 Å². The largest absolute Gasteiger partial charge is 0.310 e. The van der Waals surface area contributed by atoms with E-state index in [9.17, 15) is 0 Å². The smallest absolute Gasteiger partial charge is 0.0620 e. The zero-order valence-electron chi connectivity index (χ0n) is 46.9. The maximum absolute atomic E-state index is 8.10. The van der Waals surface area contributed by atoms with E-state index in [1.165, 1.54) is 98.9 Å². The summed E-state index contributed by atoms with van der Waals surface area (Å²) in [5.41, 5.74) is 21.2. The van der Waals surface area contributed by atoms with Crippen LogP contribution in [0, 0.1) is 13.8 Å². The Hall–Kier alpha value is -8.14. The molecule has 362 valence electrons. The minimum absolute atomic E-state index is 0.00156. The summed E-state index contributed by atoms with van der Waals surface area (Å²) in [6, 6.07) is 73.3. The van der Waals surface area contributed by atoms with E-state index in [0.29, 0.717) is 5.56 Å². The van der Waals surface area contributed by atoms with Gasteiger partial charge in [0.2, 0.25) is 0 Å². The van der Waals surface area contributed by atoms with Crippen molar-refractivity contribution < 1.29 is 4.11 Å². The lowest BCUT2D eigenvalue weighted by Gasteiger charge is -2.29. The molecule has 0 bridgehead atoms. The van der Waals surface area contributed by atoms with E-state index >= 15 is 0 Å². The average Bonchev–Trinajstić information content (AvgIpc) is 4.06. The molecule has 0 unspecified atom stereocenters. The molecule has 10 aromatic carbocycles. The second kappa shape index (κ2) is 16.4. The van der Waals surface area contributed by atoms with Crippen LogP contribution in [0.25, 0.3) is 71.1 Å². The summed E-state index contributed by atoms with van der Waals surface area (Å²) in [5, 5.41) is 7.43. The highest BCUT2D eigenvalue weighted by Crippen LogP contribution is 2.54. The van der Waals surface area contributed by atoms with E-state index in [1.807, 2.05) is 12.1 Å². The molecule has 0 spiro atoms. The molecule has 0 amide bonds. The van der Waals surface area contributed by atoms with E-state index in [4.69, 9.17) is 4.11 Å². The summed E-state index contributed by atoms with van der Waals surface area (Å²) in [7, 11) is 0. The van der Waals surface area contributed by atoms with Crippen molar-refractivity contribution in [3.63, 3.8) is 0 Å². The molecule has 2 heterocycles. The van der Waals surface area contributed by atoms with Crippen LogP contribution in [0.2, 0.25) is 0 Å². The number of benzene rings is 10. The molecular formula is C71H63N3.